The molecule has 2 aromatic carbocycles. The Morgan fingerprint density at radius 2 is 1.82 bits per heavy atom. The molecule has 3 aromatic heterocycles. The predicted molar refractivity (Wildman–Crippen MR) is 133 cm³/mol. The highest BCUT2D eigenvalue weighted by Gasteiger charge is 2.22. The maximum Gasteiger partial charge on any atom is 0.253 e. The Labute approximate surface area is 204 Å². The summed E-state index contributed by atoms with van der Waals surface area (Å²) in [5.74, 6) is 2.00. The molecule has 0 radical (unpaired) electrons. The first-order chi connectivity index (χ1) is 16.6. The fraction of sp³-hybridized carbons (Fsp3) is 0.208. The van der Waals surface area contributed by atoms with Crippen LogP contribution in [-0.2, 0) is 12.2 Å². The van der Waals surface area contributed by atoms with Gasteiger partial charge in [-0.05, 0) is 31.4 Å². The topological polar surface area (TPSA) is 103 Å². The average molecular weight is 491 g/mol. The molecule has 10 heteroatoms. The molecule has 3 heterocycles. The molecule has 0 spiro atoms. The van der Waals surface area contributed by atoms with Gasteiger partial charge in [-0.15, -0.1) is 20.4 Å². The molecule has 0 saturated heterocycles. The van der Waals surface area contributed by atoms with Gasteiger partial charge in [0.15, 0.2) is 4.34 Å². The van der Waals surface area contributed by atoms with Gasteiger partial charge in [0, 0.05) is 11.3 Å². The first-order valence-electron chi connectivity index (χ1n) is 10.8. The Balaban J connectivity index is 1.28. The third kappa shape index (κ3) is 4.59. The van der Waals surface area contributed by atoms with Crippen LogP contribution in [-0.4, -0.2) is 25.6 Å². The summed E-state index contributed by atoms with van der Waals surface area (Å²) < 4.78 is 12.2. The Hall–Kier alpha value is -3.50. The molecule has 0 aliphatic rings. The van der Waals surface area contributed by atoms with Crippen molar-refractivity contribution < 1.29 is 8.94 Å². The number of nitrogens with one attached hydrogen (secondary N) is 1. The molecule has 5 aromatic rings. The summed E-state index contributed by atoms with van der Waals surface area (Å²) in [6.45, 7) is 6.07. The van der Waals surface area contributed by atoms with E-state index in [1.54, 1.807) is 0 Å². The van der Waals surface area contributed by atoms with E-state index in [-0.39, 0.29) is 0 Å². The summed E-state index contributed by atoms with van der Waals surface area (Å²) in [7, 11) is 0. The largest absolute Gasteiger partial charge is 0.420 e. The van der Waals surface area contributed by atoms with Gasteiger partial charge in [0.2, 0.25) is 11.0 Å². The summed E-state index contributed by atoms with van der Waals surface area (Å²) in [6.07, 6.45) is 0.946. The Bertz CT molecular complexity index is 1410. The molecular weight excluding hydrogens is 468 g/mol. The van der Waals surface area contributed by atoms with Crippen molar-refractivity contribution in [1.82, 2.24) is 25.6 Å². The van der Waals surface area contributed by atoms with Crippen molar-refractivity contribution in [3.8, 4) is 22.7 Å². The van der Waals surface area contributed by atoms with Crippen LogP contribution in [0.3, 0.4) is 0 Å². The fourth-order valence-electron chi connectivity index (χ4n) is 3.58. The van der Waals surface area contributed by atoms with E-state index in [9.17, 15) is 0 Å². The number of para-hydroxylation sites is 1. The van der Waals surface area contributed by atoms with Crippen LogP contribution in [0.1, 0.15) is 29.7 Å². The number of nitrogens with zero attached hydrogens (tertiary/aromatic N) is 5. The van der Waals surface area contributed by atoms with Gasteiger partial charge in [0.1, 0.15) is 17.0 Å². The van der Waals surface area contributed by atoms with Crippen LogP contribution < -0.4 is 5.32 Å². The molecule has 0 bridgehead atoms. The van der Waals surface area contributed by atoms with Gasteiger partial charge in [-0.25, -0.2) is 0 Å². The molecule has 172 valence electrons. The number of anilines is 2. The standard InChI is InChI=1S/C24H22N6O2S2/c1-4-16-12-8-9-14(2)20(16)25-23-28-29-24(34-23)33-13-18-26-27-22(31-18)19-15(3)32-30-21(19)17-10-6-5-7-11-17/h5-12H,4,13H2,1-3H3,(H,25,28). The van der Waals surface area contributed by atoms with E-state index in [0.29, 0.717) is 34.6 Å². The smallest absolute Gasteiger partial charge is 0.253 e. The first kappa shape index (κ1) is 22.3. The number of aryl methyl sites for hydroxylation is 3. The van der Waals surface area contributed by atoms with E-state index in [1.807, 2.05) is 37.3 Å². The van der Waals surface area contributed by atoms with Crippen molar-refractivity contribution in [2.24, 2.45) is 0 Å². The zero-order valence-electron chi connectivity index (χ0n) is 18.9. The lowest BCUT2D eigenvalue weighted by molar-refractivity contribution is 0.399. The third-order valence-corrected chi connectivity index (χ3v) is 7.24. The molecule has 0 fully saturated rings. The lowest BCUT2D eigenvalue weighted by Crippen LogP contribution is -1.97. The van der Waals surface area contributed by atoms with Gasteiger partial charge in [0.25, 0.3) is 5.89 Å². The van der Waals surface area contributed by atoms with Crippen molar-refractivity contribution in [1.29, 1.82) is 0 Å². The van der Waals surface area contributed by atoms with E-state index in [0.717, 1.165) is 27.1 Å². The summed E-state index contributed by atoms with van der Waals surface area (Å²) >= 11 is 3.00. The molecule has 5 rings (SSSR count). The molecule has 1 N–H and O–H groups in total. The summed E-state index contributed by atoms with van der Waals surface area (Å²) in [5, 5.41) is 25.4. The fourth-order valence-corrected chi connectivity index (χ4v) is 5.17. The van der Waals surface area contributed by atoms with Crippen LogP contribution in [0, 0.1) is 13.8 Å². The van der Waals surface area contributed by atoms with E-state index < -0.39 is 0 Å². The van der Waals surface area contributed by atoms with Crippen molar-refractivity contribution in [2.75, 3.05) is 5.32 Å². The first-order valence-corrected chi connectivity index (χ1v) is 12.6. The van der Waals surface area contributed by atoms with E-state index in [4.69, 9.17) is 8.94 Å². The number of benzene rings is 2. The lowest BCUT2D eigenvalue weighted by atomic mass is 10.1. The summed E-state index contributed by atoms with van der Waals surface area (Å²) in [6, 6.07) is 16.1. The van der Waals surface area contributed by atoms with Gasteiger partial charge in [0.05, 0.1) is 5.75 Å². The molecule has 8 nitrogen and oxygen atoms in total. The van der Waals surface area contributed by atoms with Gasteiger partial charge < -0.3 is 14.3 Å². The van der Waals surface area contributed by atoms with E-state index in [2.05, 4.69) is 62.9 Å². The number of thioether (sulfide) groups is 1. The predicted octanol–water partition coefficient (Wildman–Crippen LogP) is 6.46. The zero-order chi connectivity index (χ0) is 23.5. The quantitative estimate of drug-likeness (QED) is 0.245. The van der Waals surface area contributed by atoms with Crippen LogP contribution in [0.2, 0.25) is 0 Å². The van der Waals surface area contributed by atoms with Crippen LogP contribution in [0.4, 0.5) is 10.8 Å². The molecule has 0 atom stereocenters. The minimum atomic E-state index is 0.388. The van der Waals surface area contributed by atoms with Crippen molar-refractivity contribution in [3.63, 3.8) is 0 Å². The molecule has 34 heavy (non-hydrogen) atoms. The Morgan fingerprint density at radius 3 is 2.65 bits per heavy atom. The average Bonchev–Trinajstić information content (AvgIpc) is 3.59. The van der Waals surface area contributed by atoms with Crippen molar-refractivity contribution >= 4 is 33.9 Å². The highest BCUT2D eigenvalue weighted by Crippen LogP contribution is 2.35. The van der Waals surface area contributed by atoms with E-state index >= 15 is 0 Å². The second-order valence-electron chi connectivity index (χ2n) is 7.58. The zero-order valence-corrected chi connectivity index (χ0v) is 20.5. The van der Waals surface area contributed by atoms with Crippen LogP contribution in [0.5, 0.6) is 0 Å². The van der Waals surface area contributed by atoms with Crippen molar-refractivity contribution in [2.45, 2.75) is 37.3 Å². The minimum Gasteiger partial charge on any atom is -0.420 e. The van der Waals surface area contributed by atoms with Gasteiger partial charge >= 0.3 is 0 Å². The number of hydrogen-bond acceptors (Lipinski definition) is 10. The molecule has 0 saturated carbocycles. The lowest BCUT2D eigenvalue weighted by Gasteiger charge is -2.11. The Kier molecular flexibility index (Phi) is 6.41. The summed E-state index contributed by atoms with van der Waals surface area (Å²) in [5.41, 5.74) is 5.85. The van der Waals surface area contributed by atoms with E-state index in [1.165, 1.54) is 34.2 Å². The molecule has 0 amide bonds. The molecule has 0 unspecified atom stereocenters. The van der Waals surface area contributed by atoms with Crippen LogP contribution >= 0.6 is 23.1 Å². The monoisotopic (exact) mass is 490 g/mol. The number of rotatable bonds is 8. The molecular formula is C24H22N6O2S2. The number of aromatic nitrogens is 5. The van der Waals surface area contributed by atoms with Crippen molar-refractivity contribution in [3.05, 3.63) is 71.3 Å². The molecule has 0 aliphatic carbocycles. The summed E-state index contributed by atoms with van der Waals surface area (Å²) in [4.78, 5) is 0. The second kappa shape index (κ2) is 9.78. The number of hydrogen-bond donors (Lipinski definition) is 1. The Morgan fingerprint density at radius 1 is 0.971 bits per heavy atom. The normalized spacial score (nSPS) is 11.1. The maximum atomic E-state index is 5.94. The van der Waals surface area contributed by atoms with Gasteiger partial charge in [-0.3, -0.25) is 0 Å². The third-order valence-electron chi connectivity index (χ3n) is 5.29. The second-order valence-corrected chi connectivity index (χ2v) is 9.78. The molecule has 0 aliphatic heterocycles. The maximum absolute atomic E-state index is 5.94. The van der Waals surface area contributed by atoms with Gasteiger partial charge in [-0.1, -0.05) is 83.7 Å². The highest BCUT2D eigenvalue weighted by atomic mass is 32.2. The minimum absolute atomic E-state index is 0.388. The van der Waals surface area contributed by atoms with Gasteiger partial charge in [-0.2, -0.15) is 0 Å². The highest BCUT2D eigenvalue weighted by molar-refractivity contribution is 8.00. The SMILES string of the molecule is CCc1cccc(C)c1Nc1nnc(SCc2nnc(-c3c(-c4ccccc4)noc3C)o2)s1. The van der Waals surface area contributed by atoms with Crippen LogP contribution in [0.25, 0.3) is 22.7 Å². The van der Waals surface area contributed by atoms with Crippen LogP contribution in [0.15, 0.2) is 61.8 Å².